The maximum atomic E-state index is 13.4. The van der Waals surface area contributed by atoms with Crippen LogP contribution in [0.25, 0.3) is 10.9 Å². The second-order valence-electron chi connectivity index (χ2n) is 9.50. The molecule has 184 valence electrons. The fraction of sp³-hybridized carbons (Fsp3) is 0.407. The van der Waals surface area contributed by atoms with Crippen molar-refractivity contribution in [2.45, 2.75) is 33.4 Å². The van der Waals surface area contributed by atoms with Crippen LogP contribution in [0.5, 0.6) is 11.5 Å². The standard InChI is InChI=1S/C27H31N3O5/c1-3-12-33-27(32)20-5-6-23-21(14-20)26(31)22(18(2)28-23)16-30-10-8-29(9-11-30)15-19-4-7-24-25(13-19)35-17-34-24/h4-7,13-14H,3,8-12,15-17H2,1-2H3,(H,28,31)/p+2. The molecule has 0 amide bonds. The Balaban J connectivity index is 1.25. The van der Waals surface area contributed by atoms with Gasteiger partial charge in [-0.15, -0.1) is 0 Å². The first-order valence-electron chi connectivity index (χ1n) is 12.4. The first-order valence-corrected chi connectivity index (χ1v) is 12.4. The summed E-state index contributed by atoms with van der Waals surface area (Å²) in [4.78, 5) is 32.0. The first-order chi connectivity index (χ1) is 17.0. The van der Waals surface area contributed by atoms with Crippen LogP contribution in [0.1, 0.15) is 40.5 Å². The monoisotopic (exact) mass is 479 g/mol. The number of pyridine rings is 1. The molecule has 0 spiro atoms. The summed E-state index contributed by atoms with van der Waals surface area (Å²) in [5.41, 5.74) is 4.11. The van der Waals surface area contributed by atoms with Crippen LogP contribution in [0.4, 0.5) is 0 Å². The molecule has 0 bridgehead atoms. The van der Waals surface area contributed by atoms with Crippen molar-refractivity contribution in [3.8, 4) is 11.5 Å². The minimum atomic E-state index is -0.387. The molecule has 8 heteroatoms. The van der Waals surface area contributed by atoms with Gasteiger partial charge in [0.25, 0.3) is 0 Å². The third-order valence-electron chi connectivity index (χ3n) is 6.97. The summed E-state index contributed by atoms with van der Waals surface area (Å²) in [6, 6.07) is 11.4. The highest BCUT2D eigenvalue weighted by Crippen LogP contribution is 2.32. The summed E-state index contributed by atoms with van der Waals surface area (Å²) in [6.45, 7) is 10.3. The second-order valence-corrected chi connectivity index (χ2v) is 9.50. The number of aromatic nitrogens is 1. The molecule has 0 saturated carbocycles. The Kier molecular flexibility index (Phi) is 6.74. The molecule has 2 aliphatic heterocycles. The minimum absolute atomic E-state index is 0.00373. The van der Waals surface area contributed by atoms with E-state index in [1.165, 1.54) is 15.4 Å². The topological polar surface area (TPSA) is 86.5 Å². The van der Waals surface area contributed by atoms with Gasteiger partial charge in [-0.2, -0.15) is 0 Å². The van der Waals surface area contributed by atoms with E-state index in [0.717, 1.165) is 67.4 Å². The number of hydrogen-bond acceptors (Lipinski definition) is 5. The van der Waals surface area contributed by atoms with Crippen molar-refractivity contribution in [3.05, 3.63) is 69.0 Å². The number of piperazine rings is 1. The van der Waals surface area contributed by atoms with Gasteiger partial charge in [0.15, 0.2) is 16.9 Å². The quantitative estimate of drug-likeness (QED) is 0.433. The van der Waals surface area contributed by atoms with Gasteiger partial charge < -0.3 is 29.0 Å². The van der Waals surface area contributed by atoms with E-state index in [4.69, 9.17) is 14.2 Å². The average molecular weight is 480 g/mol. The lowest BCUT2D eigenvalue weighted by Crippen LogP contribution is -3.27. The molecular formula is C27H33N3O5+2. The molecule has 1 fully saturated rings. The lowest BCUT2D eigenvalue weighted by atomic mass is 10.1. The molecule has 0 aliphatic carbocycles. The number of quaternary nitrogens is 2. The van der Waals surface area contributed by atoms with Crippen LogP contribution in [-0.4, -0.2) is 50.5 Å². The smallest absolute Gasteiger partial charge is 0.338 e. The number of hydrogen-bond donors (Lipinski definition) is 3. The fourth-order valence-electron chi connectivity index (χ4n) is 4.97. The zero-order valence-corrected chi connectivity index (χ0v) is 20.4. The van der Waals surface area contributed by atoms with Gasteiger partial charge >= 0.3 is 5.97 Å². The van der Waals surface area contributed by atoms with Crippen LogP contribution in [0.2, 0.25) is 0 Å². The summed E-state index contributed by atoms with van der Waals surface area (Å²) in [5.74, 6) is 1.26. The molecule has 0 atom stereocenters. The number of aryl methyl sites for hydroxylation is 1. The Bertz CT molecular complexity index is 1290. The summed E-state index contributed by atoms with van der Waals surface area (Å²) in [7, 11) is 0. The third-order valence-corrected chi connectivity index (χ3v) is 6.97. The maximum absolute atomic E-state index is 13.4. The number of nitrogens with one attached hydrogen (secondary N) is 3. The van der Waals surface area contributed by atoms with E-state index < -0.39 is 0 Å². The Labute approximate surface area is 204 Å². The van der Waals surface area contributed by atoms with Crippen LogP contribution in [0, 0.1) is 6.92 Å². The maximum Gasteiger partial charge on any atom is 0.338 e. The molecule has 0 unspecified atom stereocenters. The Morgan fingerprint density at radius 2 is 1.74 bits per heavy atom. The molecule has 1 saturated heterocycles. The molecule has 2 aliphatic rings. The summed E-state index contributed by atoms with van der Waals surface area (Å²) < 4.78 is 16.2. The number of ether oxygens (including phenoxy) is 3. The van der Waals surface area contributed by atoms with Gasteiger partial charge in [0.2, 0.25) is 6.79 Å². The normalized spacial score (nSPS) is 19.1. The van der Waals surface area contributed by atoms with Crippen LogP contribution in [0.15, 0.2) is 41.2 Å². The van der Waals surface area contributed by atoms with Crippen molar-refractivity contribution in [1.82, 2.24) is 4.98 Å². The molecule has 3 heterocycles. The van der Waals surface area contributed by atoms with Crippen molar-refractivity contribution in [2.75, 3.05) is 39.6 Å². The molecule has 0 radical (unpaired) electrons. The number of carbonyl (C=O) groups excluding carboxylic acids is 1. The fourth-order valence-corrected chi connectivity index (χ4v) is 4.97. The number of rotatable bonds is 7. The Morgan fingerprint density at radius 3 is 2.51 bits per heavy atom. The van der Waals surface area contributed by atoms with E-state index in [1.807, 2.05) is 19.9 Å². The van der Waals surface area contributed by atoms with Gasteiger partial charge in [-0.1, -0.05) is 6.92 Å². The number of carbonyl (C=O) groups is 1. The lowest BCUT2D eigenvalue weighted by molar-refractivity contribution is -1.02. The summed E-state index contributed by atoms with van der Waals surface area (Å²) >= 11 is 0. The average Bonchev–Trinajstić information content (AvgIpc) is 3.34. The van der Waals surface area contributed by atoms with Gasteiger partial charge in [0.1, 0.15) is 39.3 Å². The minimum Gasteiger partial charge on any atom is -0.462 e. The summed E-state index contributed by atoms with van der Waals surface area (Å²) in [5, 5.41) is 0.544. The van der Waals surface area contributed by atoms with Gasteiger partial charge in [-0.05, 0) is 49.7 Å². The Hall–Kier alpha value is -3.36. The molecule has 2 aromatic carbocycles. The van der Waals surface area contributed by atoms with E-state index in [2.05, 4.69) is 17.1 Å². The lowest BCUT2D eigenvalue weighted by Gasteiger charge is -2.30. The van der Waals surface area contributed by atoms with Crippen molar-refractivity contribution < 1.29 is 28.8 Å². The highest BCUT2D eigenvalue weighted by molar-refractivity contribution is 5.94. The number of fused-ring (bicyclic) bond motifs is 2. The van der Waals surface area contributed by atoms with Gasteiger partial charge in [-0.25, -0.2) is 4.79 Å². The van der Waals surface area contributed by atoms with Crippen LogP contribution in [-0.2, 0) is 17.8 Å². The Morgan fingerprint density at radius 1 is 1.00 bits per heavy atom. The van der Waals surface area contributed by atoms with Gasteiger partial charge in [0.05, 0.1) is 17.7 Å². The van der Waals surface area contributed by atoms with Crippen molar-refractivity contribution in [1.29, 1.82) is 0 Å². The van der Waals surface area contributed by atoms with Gasteiger partial charge in [0, 0.05) is 22.2 Å². The zero-order chi connectivity index (χ0) is 24.4. The molecule has 5 rings (SSSR count). The van der Waals surface area contributed by atoms with Crippen LogP contribution >= 0.6 is 0 Å². The van der Waals surface area contributed by atoms with Crippen molar-refractivity contribution in [3.63, 3.8) is 0 Å². The second kappa shape index (κ2) is 10.1. The molecule has 1 aromatic heterocycles. The van der Waals surface area contributed by atoms with Crippen LogP contribution in [0.3, 0.4) is 0 Å². The molecule has 8 nitrogen and oxygen atoms in total. The number of aromatic amines is 1. The van der Waals surface area contributed by atoms with E-state index >= 15 is 0 Å². The largest absolute Gasteiger partial charge is 0.462 e. The number of benzene rings is 2. The number of H-pyrrole nitrogens is 1. The molecular weight excluding hydrogens is 446 g/mol. The van der Waals surface area contributed by atoms with E-state index in [0.29, 0.717) is 30.9 Å². The zero-order valence-electron chi connectivity index (χ0n) is 20.4. The SMILES string of the molecule is CCCOC(=O)c1ccc2[nH]c(C)c(C[NH+]3CC[NH+](Cc4ccc5c(c4)OCO5)CC3)c(=O)c2c1. The highest BCUT2D eigenvalue weighted by atomic mass is 16.7. The molecule has 3 N–H and O–H groups in total. The van der Waals surface area contributed by atoms with E-state index in [1.54, 1.807) is 18.2 Å². The van der Waals surface area contributed by atoms with Crippen molar-refractivity contribution >= 4 is 16.9 Å². The van der Waals surface area contributed by atoms with E-state index in [-0.39, 0.29) is 11.4 Å². The predicted molar refractivity (Wildman–Crippen MR) is 131 cm³/mol. The first kappa shape index (κ1) is 23.4. The van der Waals surface area contributed by atoms with Gasteiger partial charge in [-0.3, -0.25) is 4.79 Å². The number of esters is 1. The highest BCUT2D eigenvalue weighted by Gasteiger charge is 2.26. The van der Waals surface area contributed by atoms with Crippen LogP contribution < -0.4 is 24.7 Å². The molecule has 35 heavy (non-hydrogen) atoms. The third kappa shape index (κ3) is 5.04. The van der Waals surface area contributed by atoms with E-state index in [9.17, 15) is 9.59 Å². The molecule has 3 aromatic rings. The predicted octanol–water partition coefficient (Wildman–Crippen LogP) is 0.616. The van der Waals surface area contributed by atoms with Crippen molar-refractivity contribution in [2.24, 2.45) is 0 Å². The summed E-state index contributed by atoms with van der Waals surface area (Å²) in [6.07, 6.45) is 0.762.